The zero-order chi connectivity index (χ0) is 21.8. The maximum atomic E-state index is 13.7. The molecule has 1 aromatic carbocycles. The van der Waals surface area contributed by atoms with Gasteiger partial charge in [-0.25, -0.2) is 14.4 Å². The summed E-state index contributed by atoms with van der Waals surface area (Å²) in [5.74, 6) is 0.0205. The van der Waals surface area contributed by atoms with E-state index in [0.717, 1.165) is 25.3 Å². The lowest BCUT2D eigenvalue weighted by atomic mass is 9.85. The van der Waals surface area contributed by atoms with Crippen LogP contribution in [-0.4, -0.2) is 20.4 Å². The zero-order valence-corrected chi connectivity index (χ0v) is 17.8. The van der Waals surface area contributed by atoms with E-state index in [9.17, 15) is 14.0 Å². The molecule has 1 fully saturated rings. The number of nitrogens with zero attached hydrogens (tertiary/aromatic N) is 3. The van der Waals surface area contributed by atoms with Crippen LogP contribution in [0, 0.1) is 11.7 Å². The molecule has 0 aliphatic heterocycles. The maximum Gasteiger partial charge on any atom is 0.262 e. The third-order valence-electron chi connectivity index (χ3n) is 5.93. The van der Waals surface area contributed by atoms with E-state index in [1.807, 2.05) is 0 Å². The lowest BCUT2D eigenvalue weighted by Crippen LogP contribution is -2.34. The van der Waals surface area contributed by atoms with E-state index >= 15 is 0 Å². The first-order valence-electron chi connectivity index (χ1n) is 10.6. The second kappa shape index (κ2) is 9.56. The monoisotopic (exact) mass is 442 g/mol. The average Bonchev–Trinajstić information content (AvgIpc) is 2.78. The second-order valence-electron chi connectivity index (χ2n) is 8.07. The molecule has 2 heterocycles. The van der Waals surface area contributed by atoms with Crippen molar-refractivity contribution in [2.75, 3.05) is 5.32 Å². The topological polar surface area (TPSA) is 76.9 Å². The standard InChI is InChI=1S/C23H24ClFN4O2/c24-16-7-11-21(26-13-16)28-22(30)20(10-6-15-4-2-1-3-5-15)29-14-27-19-9-8-17(25)12-18(19)23(29)31/h7-9,11-15,20H,1-6,10H2,(H,26,28,30)/t20-/m0/s1. The van der Waals surface area contributed by atoms with Crippen molar-refractivity contribution in [3.8, 4) is 0 Å². The molecule has 1 aliphatic carbocycles. The molecule has 1 N–H and O–H groups in total. The van der Waals surface area contributed by atoms with Crippen LogP contribution in [-0.2, 0) is 4.79 Å². The minimum Gasteiger partial charge on any atom is -0.309 e. The molecule has 0 spiro atoms. The van der Waals surface area contributed by atoms with Crippen LogP contribution in [0.1, 0.15) is 51.0 Å². The first-order chi connectivity index (χ1) is 15.0. The van der Waals surface area contributed by atoms with Gasteiger partial charge in [-0.1, -0.05) is 43.7 Å². The van der Waals surface area contributed by atoms with Crippen LogP contribution in [0.4, 0.5) is 10.2 Å². The number of fused-ring (bicyclic) bond motifs is 1. The molecule has 1 amide bonds. The fraction of sp³-hybridized carbons (Fsp3) is 0.391. The van der Waals surface area contributed by atoms with Crippen LogP contribution in [0.5, 0.6) is 0 Å². The van der Waals surface area contributed by atoms with E-state index in [-0.39, 0.29) is 11.3 Å². The fourth-order valence-corrected chi connectivity index (χ4v) is 4.37. The van der Waals surface area contributed by atoms with E-state index in [1.165, 1.54) is 48.5 Å². The molecule has 0 bridgehead atoms. The first-order valence-corrected chi connectivity index (χ1v) is 11.0. The molecular weight excluding hydrogens is 419 g/mol. The number of aromatic nitrogens is 3. The molecule has 6 nitrogen and oxygen atoms in total. The quantitative estimate of drug-likeness (QED) is 0.574. The lowest BCUT2D eigenvalue weighted by Gasteiger charge is -2.25. The van der Waals surface area contributed by atoms with Crippen molar-refractivity contribution in [3.05, 3.63) is 64.0 Å². The highest BCUT2D eigenvalue weighted by Gasteiger charge is 2.25. The van der Waals surface area contributed by atoms with Crippen LogP contribution in [0.3, 0.4) is 0 Å². The summed E-state index contributed by atoms with van der Waals surface area (Å²) < 4.78 is 15.1. The van der Waals surface area contributed by atoms with E-state index in [1.54, 1.807) is 12.1 Å². The highest BCUT2D eigenvalue weighted by atomic mass is 35.5. The largest absolute Gasteiger partial charge is 0.309 e. The molecule has 8 heteroatoms. The summed E-state index contributed by atoms with van der Waals surface area (Å²) in [7, 11) is 0. The number of rotatable bonds is 6. The van der Waals surface area contributed by atoms with Crippen LogP contribution < -0.4 is 10.9 Å². The lowest BCUT2D eigenvalue weighted by molar-refractivity contribution is -0.119. The molecule has 4 rings (SSSR count). The Morgan fingerprint density at radius 1 is 1.19 bits per heavy atom. The van der Waals surface area contributed by atoms with Gasteiger partial charge >= 0.3 is 0 Å². The van der Waals surface area contributed by atoms with Gasteiger partial charge in [-0.2, -0.15) is 0 Å². The molecule has 0 radical (unpaired) electrons. The van der Waals surface area contributed by atoms with Gasteiger partial charge < -0.3 is 5.32 Å². The maximum absolute atomic E-state index is 13.7. The predicted octanol–water partition coefficient (Wildman–Crippen LogP) is 5.12. The van der Waals surface area contributed by atoms with E-state index < -0.39 is 17.4 Å². The number of carbonyl (C=O) groups excluding carboxylic acids is 1. The summed E-state index contributed by atoms with van der Waals surface area (Å²) in [5.41, 5.74) is -0.0363. The van der Waals surface area contributed by atoms with Crippen molar-refractivity contribution < 1.29 is 9.18 Å². The second-order valence-corrected chi connectivity index (χ2v) is 8.50. The molecular formula is C23H24ClFN4O2. The Bertz CT molecular complexity index is 1130. The Labute approximate surface area is 184 Å². The fourth-order valence-electron chi connectivity index (χ4n) is 4.26. The SMILES string of the molecule is O=C(Nc1ccc(Cl)cn1)[C@H](CCC1CCCCC1)n1cnc2ccc(F)cc2c1=O. The summed E-state index contributed by atoms with van der Waals surface area (Å²) in [6.45, 7) is 0. The number of benzene rings is 1. The number of carbonyl (C=O) groups is 1. The number of nitrogens with one attached hydrogen (secondary N) is 1. The minimum absolute atomic E-state index is 0.155. The molecule has 1 atom stereocenters. The molecule has 3 aromatic rings. The van der Waals surface area contributed by atoms with Crippen molar-refractivity contribution >= 4 is 34.2 Å². The molecule has 0 saturated heterocycles. The summed E-state index contributed by atoms with van der Waals surface area (Å²) in [5, 5.41) is 3.39. The van der Waals surface area contributed by atoms with Crippen molar-refractivity contribution in [1.29, 1.82) is 0 Å². The molecule has 2 aromatic heterocycles. The minimum atomic E-state index is -0.771. The van der Waals surface area contributed by atoms with Crippen molar-refractivity contribution in [1.82, 2.24) is 14.5 Å². The van der Waals surface area contributed by atoms with E-state index in [2.05, 4.69) is 15.3 Å². The van der Waals surface area contributed by atoms with Crippen LogP contribution in [0.15, 0.2) is 47.7 Å². The van der Waals surface area contributed by atoms with Crippen molar-refractivity contribution in [2.45, 2.75) is 51.0 Å². The number of pyridine rings is 1. The van der Waals surface area contributed by atoms with Gasteiger partial charge in [-0.05, 0) is 49.1 Å². The van der Waals surface area contributed by atoms with E-state index in [4.69, 9.17) is 11.6 Å². The van der Waals surface area contributed by atoms with Crippen LogP contribution in [0.25, 0.3) is 10.9 Å². The molecule has 1 saturated carbocycles. The van der Waals surface area contributed by atoms with Gasteiger partial charge in [-0.15, -0.1) is 0 Å². The Kier molecular flexibility index (Phi) is 6.61. The van der Waals surface area contributed by atoms with Gasteiger partial charge in [0.25, 0.3) is 5.56 Å². The summed E-state index contributed by atoms with van der Waals surface area (Å²) >= 11 is 5.87. The Morgan fingerprint density at radius 2 is 2.00 bits per heavy atom. The summed E-state index contributed by atoms with van der Waals surface area (Å²) in [4.78, 5) is 34.7. The predicted molar refractivity (Wildman–Crippen MR) is 119 cm³/mol. The van der Waals surface area contributed by atoms with Crippen molar-refractivity contribution in [2.24, 2.45) is 5.92 Å². The third kappa shape index (κ3) is 5.10. The highest BCUT2D eigenvalue weighted by Crippen LogP contribution is 2.30. The van der Waals surface area contributed by atoms with Crippen LogP contribution >= 0.6 is 11.6 Å². The molecule has 31 heavy (non-hydrogen) atoms. The molecule has 162 valence electrons. The van der Waals surface area contributed by atoms with Gasteiger partial charge in [-0.3, -0.25) is 14.2 Å². The Morgan fingerprint density at radius 3 is 2.74 bits per heavy atom. The number of hydrogen-bond acceptors (Lipinski definition) is 4. The summed E-state index contributed by atoms with van der Waals surface area (Å²) in [6.07, 6.45) is 10.1. The number of hydrogen-bond donors (Lipinski definition) is 1. The average molecular weight is 443 g/mol. The van der Waals surface area contributed by atoms with Gasteiger partial charge in [0.2, 0.25) is 5.91 Å². The van der Waals surface area contributed by atoms with Crippen LogP contribution in [0.2, 0.25) is 5.02 Å². The normalized spacial score (nSPS) is 15.7. The van der Waals surface area contributed by atoms with Crippen molar-refractivity contribution in [3.63, 3.8) is 0 Å². The zero-order valence-electron chi connectivity index (χ0n) is 17.1. The van der Waals surface area contributed by atoms with E-state index in [0.29, 0.717) is 28.7 Å². The smallest absolute Gasteiger partial charge is 0.262 e. The molecule has 0 unspecified atom stereocenters. The highest BCUT2D eigenvalue weighted by molar-refractivity contribution is 6.30. The Hall–Kier alpha value is -2.80. The molecule has 1 aliphatic rings. The number of anilines is 1. The number of amides is 1. The third-order valence-corrected chi connectivity index (χ3v) is 6.16. The van der Waals surface area contributed by atoms with Gasteiger partial charge in [0, 0.05) is 6.20 Å². The van der Waals surface area contributed by atoms with Gasteiger partial charge in [0.05, 0.1) is 22.3 Å². The van der Waals surface area contributed by atoms with Gasteiger partial charge in [0.1, 0.15) is 17.7 Å². The Balaban J connectivity index is 1.64. The number of halogens is 2. The first kappa shape index (κ1) is 21.4. The van der Waals surface area contributed by atoms with Gasteiger partial charge in [0.15, 0.2) is 0 Å². The summed E-state index contributed by atoms with van der Waals surface area (Å²) in [6, 6.07) is 6.36.